The van der Waals surface area contributed by atoms with E-state index in [2.05, 4.69) is 69.7 Å². The lowest BCUT2D eigenvalue weighted by atomic mass is 10.1. The number of nitrogens with zero attached hydrogens (tertiary/aromatic N) is 7. The van der Waals surface area contributed by atoms with Crippen LogP contribution in [-0.4, -0.2) is 73.4 Å². The number of rotatable bonds is 7. The van der Waals surface area contributed by atoms with Gasteiger partial charge in [0.25, 0.3) is 0 Å². The van der Waals surface area contributed by atoms with Gasteiger partial charge in [0.1, 0.15) is 17.3 Å². The first kappa shape index (κ1) is 26.6. The molecule has 1 aliphatic rings. The van der Waals surface area contributed by atoms with Crippen LogP contribution in [0.4, 0.5) is 11.6 Å². The molecule has 0 atom stereocenters. The van der Waals surface area contributed by atoms with E-state index in [1.54, 1.807) is 30.9 Å². The van der Waals surface area contributed by atoms with Gasteiger partial charge in [-0.3, -0.25) is 19.7 Å². The zero-order chi connectivity index (χ0) is 27.6. The standard InChI is InChI=1S/C30H36N8O/c1-20(2)37-10-12-38(13-11-37)29-14-21(8-9-32-29)27(39)16-23-15-25-22(17-33-23)6-7-24(34-25)26-18-31-19-28(35-26)36-30(3,4)5/h6-9,14-15,17-20H,10-13,16H2,1-5H3,(H,35,36). The highest BCUT2D eigenvalue weighted by Gasteiger charge is 2.21. The fraction of sp³-hybridized carbons (Fsp3) is 0.400. The maximum atomic E-state index is 13.2. The number of carbonyl (C=O) groups excluding carboxylic acids is 1. The van der Waals surface area contributed by atoms with Gasteiger partial charge in [0.05, 0.1) is 35.7 Å². The molecule has 4 aromatic rings. The van der Waals surface area contributed by atoms with Crippen molar-refractivity contribution in [3.63, 3.8) is 0 Å². The van der Waals surface area contributed by atoms with Crippen LogP contribution >= 0.6 is 0 Å². The summed E-state index contributed by atoms with van der Waals surface area (Å²) in [5.41, 5.74) is 3.35. The number of ketones is 1. The molecule has 9 nitrogen and oxygen atoms in total. The lowest BCUT2D eigenvalue weighted by Gasteiger charge is -2.37. The average Bonchev–Trinajstić information content (AvgIpc) is 2.92. The number of nitrogens with one attached hydrogen (secondary N) is 1. The summed E-state index contributed by atoms with van der Waals surface area (Å²) in [6, 6.07) is 9.99. The summed E-state index contributed by atoms with van der Waals surface area (Å²) >= 11 is 0. The summed E-state index contributed by atoms with van der Waals surface area (Å²) in [7, 11) is 0. The van der Waals surface area contributed by atoms with Gasteiger partial charge in [0.15, 0.2) is 5.78 Å². The predicted molar refractivity (Wildman–Crippen MR) is 155 cm³/mol. The van der Waals surface area contributed by atoms with Crippen LogP contribution in [0.5, 0.6) is 0 Å². The molecule has 0 aliphatic carbocycles. The van der Waals surface area contributed by atoms with Crippen LogP contribution in [0, 0.1) is 0 Å². The zero-order valence-electron chi connectivity index (χ0n) is 23.3. The van der Waals surface area contributed by atoms with Crippen LogP contribution in [0.25, 0.3) is 22.3 Å². The molecule has 0 spiro atoms. The molecule has 0 aromatic carbocycles. The van der Waals surface area contributed by atoms with Crippen LogP contribution in [0.1, 0.15) is 50.7 Å². The minimum Gasteiger partial charge on any atom is -0.364 e. The third-order valence-electron chi connectivity index (χ3n) is 6.81. The monoisotopic (exact) mass is 524 g/mol. The minimum atomic E-state index is -0.129. The Bertz CT molecular complexity index is 1470. The number of hydrogen-bond acceptors (Lipinski definition) is 9. The Morgan fingerprint density at radius 2 is 1.74 bits per heavy atom. The minimum absolute atomic E-state index is 0.00861. The van der Waals surface area contributed by atoms with Gasteiger partial charge in [-0.1, -0.05) is 0 Å². The fourth-order valence-corrected chi connectivity index (χ4v) is 4.73. The molecule has 0 bridgehead atoms. The van der Waals surface area contributed by atoms with Crippen molar-refractivity contribution < 1.29 is 4.79 Å². The summed E-state index contributed by atoms with van der Waals surface area (Å²) in [6.07, 6.45) is 7.10. The number of pyridine rings is 3. The Labute approximate surface area is 229 Å². The highest BCUT2D eigenvalue weighted by atomic mass is 16.1. The van der Waals surface area contributed by atoms with Crippen molar-refractivity contribution in [2.75, 3.05) is 36.4 Å². The molecule has 1 aliphatic heterocycles. The normalized spacial score (nSPS) is 14.7. The van der Waals surface area contributed by atoms with E-state index in [9.17, 15) is 4.79 Å². The number of Topliss-reactive ketones (excluding diaryl/α,β-unsaturated/α-hetero) is 1. The Hall–Kier alpha value is -3.98. The summed E-state index contributed by atoms with van der Waals surface area (Å²) in [5.74, 6) is 1.56. The van der Waals surface area contributed by atoms with Crippen molar-refractivity contribution in [3.05, 3.63) is 66.4 Å². The lowest BCUT2D eigenvalue weighted by Crippen LogP contribution is -2.49. The van der Waals surface area contributed by atoms with Gasteiger partial charge in [-0.05, 0) is 65.0 Å². The van der Waals surface area contributed by atoms with Crippen molar-refractivity contribution in [1.29, 1.82) is 0 Å². The van der Waals surface area contributed by atoms with Crippen molar-refractivity contribution in [3.8, 4) is 11.4 Å². The molecule has 0 radical (unpaired) electrons. The quantitative estimate of drug-likeness (QED) is 0.346. The third-order valence-corrected chi connectivity index (χ3v) is 6.81. The molecule has 0 amide bonds. The van der Waals surface area contributed by atoms with E-state index in [1.165, 1.54) is 0 Å². The Morgan fingerprint density at radius 3 is 2.49 bits per heavy atom. The second-order valence-electron chi connectivity index (χ2n) is 11.3. The highest BCUT2D eigenvalue weighted by Crippen LogP contribution is 2.22. The Kier molecular flexibility index (Phi) is 7.52. The van der Waals surface area contributed by atoms with Crippen LogP contribution in [0.2, 0.25) is 0 Å². The summed E-state index contributed by atoms with van der Waals surface area (Å²) < 4.78 is 0. The zero-order valence-corrected chi connectivity index (χ0v) is 23.3. The molecule has 5 heterocycles. The van der Waals surface area contributed by atoms with Crippen molar-refractivity contribution in [2.24, 2.45) is 0 Å². The molecule has 0 saturated carbocycles. The summed E-state index contributed by atoms with van der Waals surface area (Å²) in [6.45, 7) is 14.5. The van der Waals surface area contributed by atoms with Gasteiger partial charge in [-0.25, -0.2) is 15.0 Å². The van der Waals surface area contributed by atoms with Gasteiger partial charge in [-0.15, -0.1) is 0 Å². The topological polar surface area (TPSA) is 100 Å². The molecule has 1 N–H and O–H groups in total. The van der Waals surface area contributed by atoms with Crippen molar-refractivity contribution in [1.82, 2.24) is 29.8 Å². The first-order valence-corrected chi connectivity index (χ1v) is 13.5. The fourth-order valence-electron chi connectivity index (χ4n) is 4.73. The summed E-state index contributed by atoms with van der Waals surface area (Å²) in [4.78, 5) is 40.9. The van der Waals surface area contributed by atoms with Gasteiger partial charge in [0.2, 0.25) is 0 Å². The predicted octanol–water partition coefficient (Wildman–Crippen LogP) is 4.65. The SMILES string of the molecule is CC(C)N1CCN(c2cc(C(=O)Cc3cc4nc(-c5cncc(NC(C)(C)C)n5)ccc4cn3)ccn2)CC1. The average molecular weight is 525 g/mol. The second-order valence-corrected chi connectivity index (χ2v) is 11.3. The molecule has 1 fully saturated rings. The highest BCUT2D eigenvalue weighted by molar-refractivity contribution is 5.98. The van der Waals surface area contributed by atoms with Crippen molar-refractivity contribution in [2.45, 2.75) is 52.6 Å². The van der Waals surface area contributed by atoms with Gasteiger partial charge < -0.3 is 10.2 Å². The van der Waals surface area contributed by atoms with Crippen LogP contribution in [0.15, 0.2) is 55.1 Å². The first-order chi connectivity index (χ1) is 18.6. The smallest absolute Gasteiger partial charge is 0.169 e. The molecule has 9 heteroatoms. The van der Waals surface area contributed by atoms with E-state index in [4.69, 9.17) is 4.98 Å². The number of anilines is 2. The largest absolute Gasteiger partial charge is 0.364 e. The Morgan fingerprint density at radius 1 is 0.949 bits per heavy atom. The van der Waals surface area contributed by atoms with Gasteiger partial charge in [-0.2, -0.15) is 0 Å². The molecule has 5 rings (SSSR count). The maximum Gasteiger partial charge on any atom is 0.169 e. The van der Waals surface area contributed by atoms with Gasteiger partial charge >= 0.3 is 0 Å². The number of hydrogen-bond donors (Lipinski definition) is 1. The number of carbonyl (C=O) groups is 1. The Balaban J connectivity index is 1.32. The van der Waals surface area contributed by atoms with E-state index < -0.39 is 0 Å². The molecule has 39 heavy (non-hydrogen) atoms. The van der Waals surface area contributed by atoms with Gasteiger partial charge in [0, 0.05) is 61.1 Å². The van der Waals surface area contributed by atoms with E-state index in [-0.39, 0.29) is 17.7 Å². The maximum absolute atomic E-state index is 13.2. The third kappa shape index (κ3) is 6.54. The molecular weight excluding hydrogens is 488 g/mol. The molecule has 4 aromatic heterocycles. The molecule has 0 unspecified atom stereocenters. The number of fused-ring (bicyclic) bond motifs is 1. The van der Waals surface area contributed by atoms with Crippen LogP contribution in [-0.2, 0) is 6.42 Å². The summed E-state index contributed by atoms with van der Waals surface area (Å²) in [5, 5.41) is 4.25. The van der Waals surface area contributed by atoms with E-state index in [0.717, 1.165) is 42.9 Å². The second kappa shape index (κ2) is 11.0. The first-order valence-electron chi connectivity index (χ1n) is 13.5. The van der Waals surface area contributed by atoms with Crippen LogP contribution in [0.3, 0.4) is 0 Å². The number of aromatic nitrogens is 5. The van der Waals surface area contributed by atoms with E-state index in [1.807, 2.05) is 24.3 Å². The van der Waals surface area contributed by atoms with Crippen LogP contribution < -0.4 is 10.2 Å². The van der Waals surface area contributed by atoms with E-state index >= 15 is 0 Å². The molecule has 202 valence electrons. The number of piperazine rings is 1. The lowest BCUT2D eigenvalue weighted by molar-refractivity contribution is 0.0992. The molecular formula is C30H36N8O. The van der Waals surface area contributed by atoms with Crippen molar-refractivity contribution >= 4 is 28.3 Å². The van der Waals surface area contributed by atoms with E-state index in [0.29, 0.717) is 34.5 Å². The molecule has 1 saturated heterocycles.